The molecule has 0 saturated heterocycles. The number of hydrogen-bond donors (Lipinski definition) is 1. The van der Waals surface area contributed by atoms with Crippen LogP contribution in [0.3, 0.4) is 0 Å². The molecule has 0 aromatic rings. The van der Waals surface area contributed by atoms with E-state index in [2.05, 4.69) is 38.5 Å². The molecule has 0 aromatic heterocycles. The molecule has 0 spiro atoms. The lowest BCUT2D eigenvalue weighted by atomic mass is 10.2. The third-order valence-corrected chi connectivity index (χ3v) is 3.08. The van der Waals surface area contributed by atoms with Crippen molar-refractivity contribution in [1.29, 1.82) is 0 Å². The number of aliphatic hydroxyl groups is 1. The zero-order valence-corrected chi connectivity index (χ0v) is 9.04. The van der Waals surface area contributed by atoms with Gasteiger partial charge in [-0.15, -0.1) is 0 Å². The topological polar surface area (TPSA) is 20.2 Å². The summed E-state index contributed by atoms with van der Waals surface area (Å²) in [4.78, 5) is 0.107. The second-order valence-corrected chi connectivity index (χ2v) is 4.50. The maximum absolute atomic E-state index is 9.33. The van der Waals surface area contributed by atoms with Crippen molar-refractivity contribution in [2.45, 2.75) is 17.4 Å². The molecular formula is C7H8BrIO. The van der Waals surface area contributed by atoms with Gasteiger partial charge in [-0.3, -0.25) is 0 Å². The molecule has 0 aromatic carbocycles. The van der Waals surface area contributed by atoms with Gasteiger partial charge in [0.05, 0.1) is 10.9 Å². The maximum Gasteiger partial charge on any atom is 0.0735 e. The molecule has 3 heteroatoms. The number of aliphatic hydroxyl groups excluding tert-OH is 1. The van der Waals surface area contributed by atoms with Gasteiger partial charge in [-0.2, -0.15) is 0 Å². The predicted molar refractivity (Wildman–Crippen MR) is 54.6 cm³/mol. The summed E-state index contributed by atoms with van der Waals surface area (Å²) in [6.45, 7) is 0. The molecule has 0 fully saturated rings. The van der Waals surface area contributed by atoms with E-state index in [0.717, 1.165) is 6.42 Å². The predicted octanol–water partition coefficient (Wildman–Crippen LogP) is 2.39. The SMILES string of the molecule is OC1CC=C(I)C=CC1Br. The summed E-state index contributed by atoms with van der Waals surface area (Å²) in [5, 5.41) is 9.33. The monoisotopic (exact) mass is 314 g/mol. The van der Waals surface area contributed by atoms with E-state index >= 15 is 0 Å². The summed E-state index contributed by atoms with van der Waals surface area (Å²) >= 11 is 5.60. The van der Waals surface area contributed by atoms with Crippen molar-refractivity contribution in [3.8, 4) is 0 Å². The molecule has 2 unspecified atom stereocenters. The van der Waals surface area contributed by atoms with Gasteiger partial charge in [0.1, 0.15) is 0 Å². The van der Waals surface area contributed by atoms with E-state index in [0.29, 0.717) is 0 Å². The molecular weight excluding hydrogens is 307 g/mol. The Morgan fingerprint density at radius 1 is 1.70 bits per heavy atom. The van der Waals surface area contributed by atoms with Crippen molar-refractivity contribution in [1.82, 2.24) is 0 Å². The normalized spacial score (nSPS) is 33.3. The first kappa shape index (κ1) is 8.74. The molecule has 56 valence electrons. The van der Waals surface area contributed by atoms with E-state index < -0.39 is 0 Å². The lowest BCUT2D eigenvalue weighted by Gasteiger charge is -2.08. The Balaban J connectivity index is 2.68. The van der Waals surface area contributed by atoms with Crippen LogP contribution in [0.15, 0.2) is 21.8 Å². The van der Waals surface area contributed by atoms with Gasteiger partial charge < -0.3 is 5.11 Å². The second-order valence-electron chi connectivity index (χ2n) is 2.20. The molecule has 1 N–H and O–H groups in total. The summed E-state index contributed by atoms with van der Waals surface area (Å²) in [6, 6.07) is 0. The third-order valence-electron chi connectivity index (χ3n) is 1.36. The van der Waals surface area contributed by atoms with Crippen LogP contribution in [0.2, 0.25) is 0 Å². The molecule has 1 aliphatic rings. The Morgan fingerprint density at radius 2 is 2.40 bits per heavy atom. The molecule has 1 rings (SSSR count). The lowest BCUT2D eigenvalue weighted by molar-refractivity contribution is 0.188. The first-order valence-corrected chi connectivity index (χ1v) is 5.05. The van der Waals surface area contributed by atoms with Gasteiger partial charge in [0.25, 0.3) is 0 Å². The van der Waals surface area contributed by atoms with Crippen molar-refractivity contribution >= 4 is 38.5 Å². The van der Waals surface area contributed by atoms with Crippen LogP contribution in [-0.2, 0) is 0 Å². The van der Waals surface area contributed by atoms with Gasteiger partial charge in [-0.1, -0.05) is 34.2 Å². The van der Waals surface area contributed by atoms with Gasteiger partial charge in [0.2, 0.25) is 0 Å². The first-order valence-electron chi connectivity index (χ1n) is 3.06. The zero-order chi connectivity index (χ0) is 7.56. The van der Waals surface area contributed by atoms with E-state index in [-0.39, 0.29) is 10.9 Å². The van der Waals surface area contributed by atoms with E-state index in [1.54, 1.807) is 0 Å². The number of rotatable bonds is 0. The van der Waals surface area contributed by atoms with Crippen molar-refractivity contribution in [2.75, 3.05) is 0 Å². The number of allylic oxidation sites excluding steroid dienone is 2. The van der Waals surface area contributed by atoms with Crippen LogP contribution in [0.4, 0.5) is 0 Å². The molecule has 10 heavy (non-hydrogen) atoms. The average molecular weight is 315 g/mol. The van der Waals surface area contributed by atoms with Crippen LogP contribution in [0.5, 0.6) is 0 Å². The standard InChI is InChI=1S/C7H8BrIO/c8-6-3-1-5(9)2-4-7(6)10/h1-3,6-7,10H,4H2. The van der Waals surface area contributed by atoms with Crippen molar-refractivity contribution in [3.05, 3.63) is 21.8 Å². The average Bonchev–Trinajstić information content (AvgIpc) is 2.04. The fourth-order valence-corrected chi connectivity index (χ4v) is 1.57. The van der Waals surface area contributed by atoms with Crippen LogP contribution in [0.1, 0.15) is 6.42 Å². The van der Waals surface area contributed by atoms with Crippen LogP contribution in [0, 0.1) is 0 Å². The fourth-order valence-electron chi connectivity index (χ4n) is 0.743. The largest absolute Gasteiger partial charge is 0.391 e. The zero-order valence-electron chi connectivity index (χ0n) is 5.30. The summed E-state index contributed by atoms with van der Waals surface area (Å²) in [5.74, 6) is 0. The Bertz CT molecular complexity index is 176. The molecule has 0 heterocycles. The van der Waals surface area contributed by atoms with Crippen molar-refractivity contribution < 1.29 is 5.11 Å². The summed E-state index contributed by atoms with van der Waals surface area (Å²) < 4.78 is 1.19. The molecule has 0 aliphatic heterocycles. The summed E-state index contributed by atoms with van der Waals surface area (Å²) in [5.41, 5.74) is 0. The highest BCUT2D eigenvalue weighted by molar-refractivity contribution is 14.1. The smallest absolute Gasteiger partial charge is 0.0735 e. The van der Waals surface area contributed by atoms with Gasteiger partial charge >= 0.3 is 0 Å². The fraction of sp³-hybridized carbons (Fsp3) is 0.429. The minimum Gasteiger partial charge on any atom is -0.391 e. The highest BCUT2D eigenvalue weighted by Crippen LogP contribution is 2.20. The second kappa shape index (κ2) is 3.88. The van der Waals surface area contributed by atoms with E-state index in [4.69, 9.17) is 0 Å². The molecule has 1 nitrogen and oxygen atoms in total. The Morgan fingerprint density at radius 3 is 3.10 bits per heavy atom. The highest BCUT2D eigenvalue weighted by Gasteiger charge is 2.13. The Labute approximate surface area is 82.5 Å². The lowest BCUT2D eigenvalue weighted by Crippen LogP contribution is -2.15. The van der Waals surface area contributed by atoms with Crippen LogP contribution in [0.25, 0.3) is 0 Å². The number of halogens is 2. The molecule has 0 amide bonds. The summed E-state index contributed by atoms with van der Waals surface area (Å²) in [7, 11) is 0. The van der Waals surface area contributed by atoms with E-state index in [1.165, 1.54) is 3.58 Å². The Kier molecular flexibility index (Phi) is 3.39. The Hall–Kier alpha value is 0.650. The van der Waals surface area contributed by atoms with Crippen LogP contribution >= 0.6 is 38.5 Å². The molecule has 0 saturated carbocycles. The van der Waals surface area contributed by atoms with E-state index in [1.807, 2.05) is 18.2 Å². The van der Waals surface area contributed by atoms with Gasteiger partial charge in [0, 0.05) is 3.58 Å². The summed E-state index contributed by atoms with van der Waals surface area (Å²) in [6.07, 6.45) is 6.47. The van der Waals surface area contributed by atoms with E-state index in [9.17, 15) is 5.11 Å². The number of alkyl halides is 1. The van der Waals surface area contributed by atoms with Gasteiger partial charge in [-0.05, 0) is 29.0 Å². The minimum atomic E-state index is -0.275. The molecule has 0 radical (unpaired) electrons. The van der Waals surface area contributed by atoms with Crippen LogP contribution in [-0.4, -0.2) is 16.0 Å². The van der Waals surface area contributed by atoms with Crippen LogP contribution < -0.4 is 0 Å². The number of hydrogen-bond acceptors (Lipinski definition) is 1. The quantitative estimate of drug-likeness (QED) is 0.538. The minimum absolute atomic E-state index is 0.107. The van der Waals surface area contributed by atoms with Crippen molar-refractivity contribution in [3.63, 3.8) is 0 Å². The molecule has 1 aliphatic carbocycles. The van der Waals surface area contributed by atoms with Crippen molar-refractivity contribution in [2.24, 2.45) is 0 Å². The molecule has 0 bridgehead atoms. The maximum atomic E-state index is 9.33. The first-order chi connectivity index (χ1) is 4.70. The third kappa shape index (κ3) is 2.36. The molecule has 2 atom stereocenters. The van der Waals surface area contributed by atoms with Gasteiger partial charge in [0.15, 0.2) is 0 Å². The highest BCUT2D eigenvalue weighted by atomic mass is 127. The van der Waals surface area contributed by atoms with Gasteiger partial charge in [-0.25, -0.2) is 0 Å².